The molecule has 2 unspecified atom stereocenters. The molecule has 2 atom stereocenters. The van der Waals surface area contributed by atoms with Crippen LogP contribution in [-0.2, 0) is 4.79 Å². The summed E-state index contributed by atoms with van der Waals surface area (Å²) in [6.07, 6.45) is 0.787. The van der Waals surface area contributed by atoms with Crippen LogP contribution in [0.3, 0.4) is 0 Å². The number of hydrogen-bond donors (Lipinski definition) is 3. The lowest BCUT2D eigenvalue weighted by Gasteiger charge is -2.19. The Morgan fingerprint density at radius 3 is 2.73 bits per heavy atom. The molecule has 1 rings (SSSR count). The maximum absolute atomic E-state index is 10.4. The van der Waals surface area contributed by atoms with Crippen LogP contribution in [0.25, 0.3) is 0 Å². The molecular formula is C7H10O4. The van der Waals surface area contributed by atoms with Crippen molar-refractivity contribution >= 4 is 5.97 Å². The van der Waals surface area contributed by atoms with Crippen LogP contribution in [0.4, 0.5) is 0 Å². The lowest BCUT2D eigenvalue weighted by atomic mass is 9.91. The van der Waals surface area contributed by atoms with Gasteiger partial charge in [-0.1, -0.05) is 0 Å². The zero-order valence-electron chi connectivity index (χ0n) is 5.90. The molecule has 4 nitrogen and oxygen atoms in total. The van der Waals surface area contributed by atoms with Gasteiger partial charge in [0, 0.05) is 6.42 Å². The number of hydrogen-bond acceptors (Lipinski definition) is 3. The van der Waals surface area contributed by atoms with E-state index in [0.29, 0.717) is 0 Å². The molecule has 4 heteroatoms. The lowest BCUT2D eigenvalue weighted by molar-refractivity contribution is -0.143. The van der Waals surface area contributed by atoms with E-state index in [1.165, 1.54) is 6.08 Å². The average Bonchev–Trinajstić information content (AvgIpc) is 1.85. The highest BCUT2D eigenvalue weighted by Gasteiger charge is 2.26. The third-order valence-electron chi connectivity index (χ3n) is 1.72. The van der Waals surface area contributed by atoms with E-state index in [1.54, 1.807) is 0 Å². The van der Waals surface area contributed by atoms with Crippen LogP contribution >= 0.6 is 0 Å². The van der Waals surface area contributed by atoms with Crippen molar-refractivity contribution in [3.63, 3.8) is 0 Å². The molecule has 62 valence electrons. The fourth-order valence-electron chi connectivity index (χ4n) is 1.17. The Morgan fingerprint density at radius 1 is 1.64 bits per heavy atom. The Kier molecular flexibility index (Phi) is 2.14. The van der Waals surface area contributed by atoms with Crippen molar-refractivity contribution < 1.29 is 20.1 Å². The SMILES string of the molecule is O=C(O)C1CC(O)=CC(O)C1. The van der Waals surface area contributed by atoms with Gasteiger partial charge in [0.25, 0.3) is 0 Å². The number of aliphatic carboxylic acids is 1. The molecule has 0 heterocycles. The molecule has 3 N–H and O–H groups in total. The van der Waals surface area contributed by atoms with Gasteiger partial charge in [0.2, 0.25) is 0 Å². The van der Waals surface area contributed by atoms with Crippen molar-refractivity contribution in [3.05, 3.63) is 11.8 Å². The first kappa shape index (κ1) is 8.07. The lowest BCUT2D eigenvalue weighted by Crippen LogP contribution is -2.24. The Labute approximate surface area is 63.8 Å². The maximum atomic E-state index is 10.4. The molecule has 0 amide bonds. The third-order valence-corrected chi connectivity index (χ3v) is 1.72. The summed E-state index contributed by atoms with van der Waals surface area (Å²) in [5.74, 6) is -1.64. The quantitative estimate of drug-likeness (QED) is 0.512. The molecule has 0 radical (unpaired) electrons. The van der Waals surface area contributed by atoms with Crippen LogP contribution in [-0.4, -0.2) is 27.4 Å². The minimum absolute atomic E-state index is 0.0313. The fourth-order valence-corrected chi connectivity index (χ4v) is 1.17. The van der Waals surface area contributed by atoms with Crippen molar-refractivity contribution in [1.82, 2.24) is 0 Å². The molecule has 0 aromatic heterocycles. The van der Waals surface area contributed by atoms with Crippen molar-refractivity contribution in [1.29, 1.82) is 0 Å². The summed E-state index contributed by atoms with van der Waals surface area (Å²) in [4.78, 5) is 10.4. The smallest absolute Gasteiger partial charge is 0.307 e. The first-order chi connectivity index (χ1) is 5.09. The summed E-state index contributed by atoms with van der Waals surface area (Å²) in [5.41, 5.74) is 0. The molecule has 1 aliphatic rings. The van der Waals surface area contributed by atoms with E-state index in [2.05, 4.69) is 0 Å². The molecule has 0 aromatic carbocycles. The van der Waals surface area contributed by atoms with Gasteiger partial charge in [0.15, 0.2) is 0 Å². The molecule has 0 aliphatic heterocycles. The van der Waals surface area contributed by atoms with Gasteiger partial charge in [-0.3, -0.25) is 4.79 Å². The topological polar surface area (TPSA) is 77.8 Å². The predicted molar refractivity (Wildman–Crippen MR) is 37.1 cm³/mol. The Hall–Kier alpha value is -1.03. The Balaban J connectivity index is 2.64. The Morgan fingerprint density at radius 2 is 2.27 bits per heavy atom. The van der Waals surface area contributed by atoms with Gasteiger partial charge < -0.3 is 15.3 Å². The van der Waals surface area contributed by atoms with E-state index in [4.69, 9.17) is 15.3 Å². The summed E-state index contributed by atoms with van der Waals surface area (Å²) in [6.45, 7) is 0. The highest BCUT2D eigenvalue weighted by Crippen LogP contribution is 2.22. The van der Waals surface area contributed by atoms with Crippen molar-refractivity contribution in [2.45, 2.75) is 18.9 Å². The number of carboxylic acid groups (broad SMARTS) is 1. The number of aliphatic hydroxyl groups is 2. The standard InChI is InChI=1S/C7H10O4/c8-5-1-4(7(10)11)2-6(9)3-5/h3-5,8-9H,1-2H2,(H,10,11). The van der Waals surface area contributed by atoms with Crippen molar-refractivity contribution in [3.8, 4) is 0 Å². The minimum Gasteiger partial charge on any atom is -0.513 e. The monoisotopic (exact) mass is 158 g/mol. The number of rotatable bonds is 1. The van der Waals surface area contributed by atoms with Crippen LogP contribution in [0.2, 0.25) is 0 Å². The van der Waals surface area contributed by atoms with Crippen LogP contribution in [0.5, 0.6) is 0 Å². The van der Waals surface area contributed by atoms with Gasteiger partial charge >= 0.3 is 5.97 Å². The zero-order valence-corrected chi connectivity index (χ0v) is 5.90. The van der Waals surface area contributed by atoms with Crippen LogP contribution in [0.1, 0.15) is 12.8 Å². The number of carbonyl (C=O) groups is 1. The first-order valence-electron chi connectivity index (χ1n) is 3.40. The fraction of sp³-hybridized carbons (Fsp3) is 0.571. The summed E-state index contributed by atoms with van der Waals surface area (Å²) in [7, 11) is 0. The third kappa shape index (κ3) is 1.94. The number of allylic oxidation sites excluding steroid dienone is 1. The summed E-state index contributed by atoms with van der Waals surface area (Å²) >= 11 is 0. The average molecular weight is 158 g/mol. The van der Waals surface area contributed by atoms with E-state index in [0.717, 1.165) is 0 Å². The van der Waals surface area contributed by atoms with Gasteiger partial charge in [-0.05, 0) is 12.5 Å². The molecule has 0 bridgehead atoms. The van der Waals surface area contributed by atoms with E-state index in [1.807, 2.05) is 0 Å². The predicted octanol–water partition coefficient (Wildman–Crippen LogP) is 0.284. The van der Waals surface area contributed by atoms with E-state index < -0.39 is 18.0 Å². The van der Waals surface area contributed by atoms with Crippen molar-refractivity contribution in [2.24, 2.45) is 5.92 Å². The van der Waals surface area contributed by atoms with Crippen LogP contribution in [0.15, 0.2) is 11.8 Å². The summed E-state index contributed by atoms with van der Waals surface area (Å²) in [5, 5.41) is 26.5. The van der Waals surface area contributed by atoms with Gasteiger partial charge in [-0.2, -0.15) is 0 Å². The minimum atomic E-state index is -0.969. The van der Waals surface area contributed by atoms with E-state index in [-0.39, 0.29) is 18.6 Å². The number of carboxylic acids is 1. The van der Waals surface area contributed by atoms with Gasteiger partial charge in [0.05, 0.1) is 17.8 Å². The second kappa shape index (κ2) is 2.92. The Bertz CT molecular complexity index is 197. The maximum Gasteiger partial charge on any atom is 0.307 e. The molecule has 0 aromatic rings. The van der Waals surface area contributed by atoms with E-state index in [9.17, 15) is 4.79 Å². The molecule has 0 spiro atoms. The molecule has 1 aliphatic carbocycles. The molecule has 0 saturated heterocycles. The number of aliphatic hydroxyl groups excluding tert-OH is 2. The molecule has 0 fully saturated rings. The summed E-state index contributed by atoms with van der Waals surface area (Å²) in [6, 6.07) is 0. The second-order valence-corrected chi connectivity index (χ2v) is 2.70. The highest BCUT2D eigenvalue weighted by atomic mass is 16.4. The van der Waals surface area contributed by atoms with E-state index >= 15 is 0 Å². The second-order valence-electron chi connectivity index (χ2n) is 2.70. The molecule has 0 saturated carbocycles. The zero-order chi connectivity index (χ0) is 8.43. The van der Waals surface area contributed by atoms with Gasteiger partial charge in [0.1, 0.15) is 0 Å². The molecular weight excluding hydrogens is 148 g/mol. The largest absolute Gasteiger partial charge is 0.513 e. The first-order valence-corrected chi connectivity index (χ1v) is 3.40. The normalized spacial score (nSPS) is 31.2. The van der Waals surface area contributed by atoms with Gasteiger partial charge in [-0.15, -0.1) is 0 Å². The molecule has 11 heavy (non-hydrogen) atoms. The van der Waals surface area contributed by atoms with Crippen LogP contribution < -0.4 is 0 Å². The van der Waals surface area contributed by atoms with Gasteiger partial charge in [-0.25, -0.2) is 0 Å². The summed E-state index contributed by atoms with van der Waals surface area (Å²) < 4.78 is 0. The van der Waals surface area contributed by atoms with Crippen molar-refractivity contribution in [2.75, 3.05) is 0 Å². The van der Waals surface area contributed by atoms with Crippen LogP contribution in [0, 0.1) is 5.92 Å². The highest BCUT2D eigenvalue weighted by molar-refractivity contribution is 5.70.